The van der Waals surface area contributed by atoms with Crippen LogP contribution in [0, 0.1) is 0 Å². The van der Waals surface area contributed by atoms with Gasteiger partial charge < -0.3 is 14.8 Å². The highest BCUT2D eigenvalue weighted by Gasteiger charge is 2.16. The van der Waals surface area contributed by atoms with Gasteiger partial charge in [0, 0.05) is 15.6 Å². The fourth-order valence-corrected chi connectivity index (χ4v) is 2.58. The van der Waals surface area contributed by atoms with E-state index in [0.29, 0.717) is 16.5 Å². The highest BCUT2D eigenvalue weighted by atomic mass is 35.5. The molecular weight excluding hydrogens is 350 g/mol. The predicted octanol–water partition coefficient (Wildman–Crippen LogP) is 3.87. The third kappa shape index (κ3) is 4.91. The molecule has 2 rings (SSSR count). The number of nitrogens with one attached hydrogen (secondary N) is 1. The van der Waals surface area contributed by atoms with Gasteiger partial charge in [-0.3, -0.25) is 4.79 Å². The van der Waals surface area contributed by atoms with Crippen LogP contribution in [0.5, 0.6) is 5.75 Å². The number of rotatable bonds is 6. The minimum absolute atomic E-state index is 0.169. The van der Waals surface area contributed by atoms with E-state index in [9.17, 15) is 9.59 Å². The van der Waals surface area contributed by atoms with Crippen molar-refractivity contribution in [2.24, 2.45) is 0 Å². The van der Waals surface area contributed by atoms with E-state index in [2.05, 4.69) is 5.32 Å². The van der Waals surface area contributed by atoms with E-state index in [4.69, 9.17) is 21.1 Å². The van der Waals surface area contributed by atoms with Crippen molar-refractivity contribution >= 4 is 40.9 Å². The molecule has 0 aliphatic heterocycles. The van der Waals surface area contributed by atoms with Gasteiger partial charge in [-0.15, -0.1) is 11.8 Å². The molecule has 126 valence electrons. The van der Waals surface area contributed by atoms with E-state index in [1.165, 1.54) is 13.2 Å². The second-order valence-electron chi connectivity index (χ2n) is 4.70. The molecule has 2 aromatic carbocycles. The molecule has 0 bridgehead atoms. The number of ether oxygens (including phenoxy) is 2. The van der Waals surface area contributed by atoms with E-state index in [0.717, 1.165) is 4.90 Å². The van der Waals surface area contributed by atoms with Crippen LogP contribution in [0.25, 0.3) is 0 Å². The summed E-state index contributed by atoms with van der Waals surface area (Å²) in [4.78, 5) is 25.0. The summed E-state index contributed by atoms with van der Waals surface area (Å²) in [6, 6.07) is 12.0. The Balaban J connectivity index is 1.96. The van der Waals surface area contributed by atoms with Gasteiger partial charge in [0.1, 0.15) is 11.3 Å². The Labute approximate surface area is 149 Å². The van der Waals surface area contributed by atoms with Crippen LogP contribution in [0.4, 0.5) is 5.69 Å². The molecule has 0 atom stereocenters. The molecule has 1 amide bonds. The molecular formula is C17H16ClNO4S. The SMILES string of the molecule is COc1ccc(Cl)cc1C(=O)OCC(=O)Nc1cccc(SC)c1. The van der Waals surface area contributed by atoms with Gasteiger partial charge in [-0.2, -0.15) is 0 Å². The Bertz CT molecular complexity index is 751. The van der Waals surface area contributed by atoms with Crippen molar-refractivity contribution in [3.63, 3.8) is 0 Å². The van der Waals surface area contributed by atoms with Gasteiger partial charge >= 0.3 is 5.97 Å². The quantitative estimate of drug-likeness (QED) is 0.622. The molecule has 0 spiro atoms. The lowest BCUT2D eigenvalue weighted by Gasteiger charge is -2.10. The van der Waals surface area contributed by atoms with Crippen molar-refractivity contribution in [1.29, 1.82) is 0 Å². The van der Waals surface area contributed by atoms with Crippen molar-refractivity contribution in [1.82, 2.24) is 0 Å². The Hall–Kier alpha value is -2.18. The first-order valence-corrected chi connectivity index (χ1v) is 8.58. The second-order valence-corrected chi connectivity index (χ2v) is 6.02. The summed E-state index contributed by atoms with van der Waals surface area (Å²) in [7, 11) is 1.44. The highest BCUT2D eigenvalue weighted by Crippen LogP contribution is 2.23. The van der Waals surface area contributed by atoms with Gasteiger partial charge in [0.15, 0.2) is 6.61 Å². The molecule has 24 heavy (non-hydrogen) atoms. The molecule has 0 aromatic heterocycles. The van der Waals surface area contributed by atoms with Crippen LogP contribution in [0.3, 0.4) is 0 Å². The number of hydrogen-bond donors (Lipinski definition) is 1. The predicted molar refractivity (Wildman–Crippen MR) is 95.1 cm³/mol. The summed E-state index contributed by atoms with van der Waals surface area (Å²) >= 11 is 7.44. The number of benzene rings is 2. The number of halogens is 1. The molecule has 2 aromatic rings. The number of carbonyl (C=O) groups is 2. The second kappa shape index (κ2) is 8.61. The Kier molecular flexibility index (Phi) is 6.52. The van der Waals surface area contributed by atoms with E-state index in [-0.39, 0.29) is 5.56 Å². The van der Waals surface area contributed by atoms with Crippen LogP contribution in [0.15, 0.2) is 47.4 Å². The van der Waals surface area contributed by atoms with Crippen molar-refractivity contribution in [2.75, 3.05) is 25.3 Å². The smallest absolute Gasteiger partial charge is 0.342 e. The Morgan fingerprint density at radius 1 is 1.21 bits per heavy atom. The van der Waals surface area contributed by atoms with E-state index < -0.39 is 18.5 Å². The zero-order chi connectivity index (χ0) is 17.5. The van der Waals surface area contributed by atoms with Crippen molar-refractivity contribution in [3.8, 4) is 5.75 Å². The summed E-state index contributed by atoms with van der Waals surface area (Å²) in [5.74, 6) is -0.776. The first-order valence-electron chi connectivity index (χ1n) is 6.98. The molecule has 0 aliphatic carbocycles. The summed E-state index contributed by atoms with van der Waals surface area (Å²) in [6.07, 6.45) is 1.95. The van der Waals surface area contributed by atoms with Crippen LogP contribution < -0.4 is 10.1 Å². The van der Waals surface area contributed by atoms with Gasteiger partial charge in [-0.25, -0.2) is 4.79 Å². The van der Waals surface area contributed by atoms with Gasteiger partial charge in [0.05, 0.1) is 7.11 Å². The van der Waals surface area contributed by atoms with E-state index >= 15 is 0 Å². The maximum Gasteiger partial charge on any atom is 0.342 e. The maximum absolute atomic E-state index is 12.1. The number of methoxy groups -OCH3 is 1. The van der Waals surface area contributed by atoms with Gasteiger partial charge in [0.2, 0.25) is 0 Å². The number of thioether (sulfide) groups is 1. The fourth-order valence-electron chi connectivity index (χ4n) is 1.95. The lowest BCUT2D eigenvalue weighted by molar-refractivity contribution is -0.119. The first-order chi connectivity index (χ1) is 11.5. The third-order valence-corrected chi connectivity index (χ3v) is 4.03. The van der Waals surface area contributed by atoms with Crippen LogP contribution in [0.1, 0.15) is 10.4 Å². The normalized spacial score (nSPS) is 10.1. The molecule has 0 aliphatic rings. The minimum atomic E-state index is -0.678. The zero-order valence-corrected chi connectivity index (χ0v) is 14.7. The summed E-state index contributed by atoms with van der Waals surface area (Å²) in [5, 5.41) is 3.05. The van der Waals surface area contributed by atoms with Crippen molar-refractivity contribution < 1.29 is 19.1 Å². The largest absolute Gasteiger partial charge is 0.496 e. The zero-order valence-electron chi connectivity index (χ0n) is 13.2. The minimum Gasteiger partial charge on any atom is -0.496 e. The number of amides is 1. The topological polar surface area (TPSA) is 64.6 Å². The van der Waals surface area contributed by atoms with Gasteiger partial charge in [-0.05, 0) is 42.7 Å². The first kappa shape index (κ1) is 18.2. The highest BCUT2D eigenvalue weighted by molar-refractivity contribution is 7.98. The fraction of sp³-hybridized carbons (Fsp3) is 0.176. The van der Waals surface area contributed by atoms with E-state index in [1.807, 2.05) is 24.5 Å². The van der Waals surface area contributed by atoms with Crippen LogP contribution >= 0.6 is 23.4 Å². The molecule has 1 N–H and O–H groups in total. The Morgan fingerprint density at radius 3 is 2.71 bits per heavy atom. The summed E-state index contributed by atoms with van der Waals surface area (Å²) in [5.41, 5.74) is 0.811. The summed E-state index contributed by atoms with van der Waals surface area (Å²) < 4.78 is 10.1. The van der Waals surface area contributed by atoms with Gasteiger partial charge in [-0.1, -0.05) is 17.7 Å². The lowest BCUT2D eigenvalue weighted by Crippen LogP contribution is -2.21. The molecule has 0 unspecified atom stereocenters. The number of anilines is 1. The van der Waals surface area contributed by atoms with Gasteiger partial charge in [0.25, 0.3) is 5.91 Å². The molecule has 7 heteroatoms. The molecule has 0 radical (unpaired) electrons. The van der Waals surface area contributed by atoms with Crippen LogP contribution in [-0.4, -0.2) is 31.8 Å². The number of hydrogen-bond acceptors (Lipinski definition) is 5. The van der Waals surface area contributed by atoms with Crippen molar-refractivity contribution in [2.45, 2.75) is 4.90 Å². The maximum atomic E-state index is 12.1. The monoisotopic (exact) mass is 365 g/mol. The van der Waals surface area contributed by atoms with E-state index in [1.54, 1.807) is 30.0 Å². The average Bonchev–Trinajstić information content (AvgIpc) is 2.59. The van der Waals surface area contributed by atoms with Crippen LogP contribution in [-0.2, 0) is 9.53 Å². The number of esters is 1. The molecule has 0 heterocycles. The number of carbonyl (C=O) groups excluding carboxylic acids is 2. The molecule has 0 fully saturated rings. The summed E-state index contributed by atoms with van der Waals surface area (Å²) in [6.45, 7) is -0.405. The Morgan fingerprint density at radius 2 is 2.00 bits per heavy atom. The van der Waals surface area contributed by atoms with Crippen LogP contribution in [0.2, 0.25) is 5.02 Å². The third-order valence-electron chi connectivity index (χ3n) is 3.07. The molecule has 5 nitrogen and oxygen atoms in total. The van der Waals surface area contributed by atoms with Crippen molar-refractivity contribution in [3.05, 3.63) is 53.1 Å². The molecule has 0 saturated carbocycles. The molecule has 0 saturated heterocycles. The standard InChI is InChI=1S/C17H16ClNO4S/c1-22-15-7-6-11(18)8-14(15)17(21)23-10-16(20)19-12-4-3-5-13(9-12)24-2/h3-9H,10H2,1-2H3,(H,19,20). The lowest BCUT2D eigenvalue weighted by atomic mass is 10.2. The average molecular weight is 366 g/mol.